The number of carbonyl (C=O) groups excluding carboxylic acids is 2. The molecule has 1 aromatic rings. The summed E-state index contributed by atoms with van der Waals surface area (Å²) >= 11 is 0. The van der Waals surface area contributed by atoms with E-state index in [1.807, 2.05) is 29.2 Å². The van der Waals surface area contributed by atoms with Crippen molar-refractivity contribution in [2.24, 2.45) is 5.92 Å². The van der Waals surface area contributed by atoms with Crippen LogP contribution in [0.1, 0.15) is 62.7 Å². The minimum Gasteiger partial charge on any atom is -0.337 e. The molecule has 2 aliphatic heterocycles. The van der Waals surface area contributed by atoms with Crippen LogP contribution < -0.4 is 5.32 Å². The second kappa shape index (κ2) is 7.63. The largest absolute Gasteiger partial charge is 0.337 e. The summed E-state index contributed by atoms with van der Waals surface area (Å²) in [4.78, 5) is 29.7. The Morgan fingerprint density at radius 2 is 1.78 bits per heavy atom. The highest BCUT2D eigenvalue weighted by atomic mass is 16.2. The maximum absolute atomic E-state index is 13.1. The number of hydrogen-bond acceptors (Lipinski definition) is 3. The second-order valence-electron chi connectivity index (χ2n) is 8.61. The van der Waals surface area contributed by atoms with Crippen LogP contribution >= 0.6 is 0 Å². The smallest absolute Gasteiger partial charge is 0.253 e. The van der Waals surface area contributed by atoms with Gasteiger partial charge in [-0.05, 0) is 70.6 Å². The molecule has 3 fully saturated rings. The zero-order chi connectivity index (χ0) is 19.0. The van der Waals surface area contributed by atoms with Crippen LogP contribution in [0.15, 0.2) is 24.3 Å². The van der Waals surface area contributed by atoms with Crippen molar-refractivity contribution in [3.05, 3.63) is 29.8 Å². The van der Waals surface area contributed by atoms with Gasteiger partial charge in [-0.3, -0.25) is 14.5 Å². The standard InChI is InChI=1S/C22H31N3O2/c1-15-8-9-16(2)25(15)20-7-4-12-24(14-20)22(27)18-5-3-6-19(13-18)23-21(26)17-10-11-17/h3,5-6,13,15-17,20H,4,7-12,14H2,1-2H3,(H,23,26)/t15-,16+,20-/m0/s1. The second-order valence-corrected chi connectivity index (χ2v) is 8.61. The van der Waals surface area contributed by atoms with Crippen molar-refractivity contribution in [3.8, 4) is 0 Å². The first-order valence-electron chi connectivity index (χ1n) is 10.5. The molecular formula is C22H31N3O2. The molecule has 1 N–H and O–H groups in total. The predicted octanol–water partition coefficient (Wildman–Crippen LogP) is 3.51. The number of amides is 2. The number of hydrogen-bond donors (Lipinski definition) is 1. The van der Waals surface area contributed by atoms with E-state index in [-0.39, 0.29) is 17.7 Å². The molecule has 0 aromatic heterocycles. The third kappa shape index (κ3) is 4.03. The number of rotatable bonds is 4. The quantitative estimate of drug-likeness (QED) is 0.884. The Bertz CT molecular complexity index is 705. The zero-order valence-electron chi connectivity index (χ0n) is 16.5. The van der Waals surface area contributed by atoms with E-state index in [1.54, 1.807) is 0 Å². The van der Waals surface area contributed by atoms with Gasteiger partial charge in [-0.1, -0.05) is 6.07 Å². The highest BCUT2D eigenvalue weighted by Gasteiger charge is 2.36. The Balaban J connectivity index is 1.43. The number of likely N-dealkylation sites (tertiary alicyclic amines) is 2. The third-order valence-electron chi connectivity index (χ3n) is 6.45. The monoisotopic (exact) mass is 369 g/mol. The summed E-state index contributed by atoms with van der Waals surface area (Å²) in [5.74, 6) is 0.327. The van der Waals surface area contributed by atoms with Crippen molar-refractivity contribution in [2.45, 2.75) is 70.5 Å². The molecule has 0 radical (unpaired) electrons. The van der Waals surface area contributed by atoms with Crippen LogP contribution in [0.5, 0.6) is 0 Å². The molecule has 2 saturated heterocycles. The van der Waals surface area contributed by atoms with Crippen LogP contribution in [0.3, 0.4) is 0 Å². The average molecular weight is 370 g/mol. The zero-order valence-corrected chi connectivity index (χ0v) is 16.5. The Labute approximate surface area is 162 Å². The van der Waals surface area contributed by atoms with Crippen molar-refractivity contribution in [1.29, 1.82) is 0 Å². The van der Waals surface area contributed by atoms with E-state index in [0.717, 1.165) is 38.0 Å². The van der Waals surface area contributed by atoms with Gasteiger partial charge in [0.25, 0.3) is 5.91 Å². The lowest BCUT2D eigenvalue weighted by molar-refractivity contribution is -0.117. The lowest BCUT2D eigenvalue weighted by atomic mass is 10.0. The van der Waals surface area contributed by atoms with E-state index >= 15 is 0 Å². The topological polar surface area (TPSA) is 52.6 Å². The van der Waals surface area contributed by atoms with Crippen molar-refractivity contribution < 1.29 is 9.59 Å². The number of benzene rings is 1. The highest BCUT2D eigenvalue weighted by Crippen LogP contribution is 2.31. The number of carbonyl (C=O) groups is 2. The number of nitrogens with one attached hydrogen (secondary N) is 1. The van der Waals surface area contributed by atoms with Gasteiger partial charge in [-0.25, -0.2) is 0 Å². The molecule has 2 amide bonds. The summed E-state index contributed by atoms with van der Waals surface area (Å²) in [6, 6.07) is 9.11. The molecule has 4 rings (SSSR count). The first-order chi connectivity index (χ1) is 13.0. The molecule has 0 spiro atoms. The van der Waals surface area contributed by atoms with E-state index < -0.39 is 0 Å². The fourth-order valence-corrected chi connectivity index (χ4v) is 4.82. The summed E-state index contributed by atoms with van der Waals surface area (Å²) in [5, 5.41) is 2.95. The molecule has 2 heterocycles. The molecule has 1 aliphatic carbocycles. The van der Waals surface area contributed by atoms with E-state index in [4.69, 9.17) is 0 Å². The van der Waals surface area contributed by atoms with Crippen LogP contribution in [-0.2, 0) is 4.79 Å². The molecule has 0 bridgehead atoms. The van der Waals surface area contributed by atoms with E-state index in [2.05, 4.69) is 24.1 Å². The Kier molecular flexibility index (Phi) is 5.22. The van der Waals surface area contributed by atoms with Gasteiger partial charge in [0.1, 0.15) is 0 Å². The predicted molar refractivity (Wildman–Crippen MR) is 107 cm³/mol. The van der Waals surface area contributed by atoms with Gasteiger partial charge >= 0.3 is 0 Å². The summed E-state index contributed by atoms with van der Waals surface area (Å²) in [6.07, 6.45) is 6.71. The molecule has 0 unspecified atom stereocenters. The first-order valence-corrected chi connectivity index (χ1v) is 10.5. The van der Waals surface area contributed by atoms with Crippen LogP contribution in [0.25, 0.3) is 0 Å². The average Bonchev–Trinajstić information content (AvgIpc) is 3.47. The van der Waals surface area contributed by atoms with Gasteiger partial charge in [-0.2, -0.15) is 0 Å². The van der Waals surface area contributed by atoms with E-state index in [1.165, 1.54) is 19.3 Å². The highest BCUT2D eigenvalue weighted by molar-refractivity contribution is 5.98. The SMILES string of the molecule is C[C@@H]1CC[C@H](C)N1[C@H]1CCCN(C(=O)c2cccc(NC(=O)C3CC3)c2)C1. The van der Waals surface area contributed by atoms with Crippen LogP contribution in [0, 0.1) is 5.92 Å². The Hall–Kier alpha value is -1.88. The molecule has 3 aliphatic rings. The molecule has 3 atom stereocenters. The fraction of sp³-hybridized carbons (Fsp3) is 0.636. The molecule has 1 saturated carbocycles. The summed E-state index contributed by atoms with van der Waals surface area (Å²) in [5.41, 5.74) is 1.40. The van der Waals surface area contributed by atoms with Gasteiger partial charge in [0.2, 0.25) is 5.91 Å². The lowest BCUT2D eigenvalue weighted by Crippen LogP contribution is -2.52. The lowest BCUT2D eigenvalue weighted by Gasteiger charge is -2.41. The van der Waals surface area contributed by atoms with Gasteiger partial charge in [0.15, 0.2) is 0 Å². The normalized spacial score (nSPS) is 29.0. The van der Waals surface area contributed by atoms with E-state index in [9.17, 15) is 9.59 Å². The van der Waals surface area contributed by atoms with Crippen LogP contribution in [0.2, 0.25) is 0 Å². The maximum Gasteiger partial charge on any atom is 0.253 e. The minimum absolute atomic E-state index is 0.0784. The third-order valence-corrected chi connectivity index (χ3v) is 6.45. The molecule has 5 nitrogen and oxygen atoms in total. The van der Waals surface area contributed by atoms with Gasteiger partial charge in [-0.15, -0.1) is 0 Å². The van der Waals surface area contributed by atoms with Crippen molar-refractivity contribution >= 4 is 17.5 Å². The molecular weight excluding hydrogens is 338 g/mol. The van der Waals surface area contributed by atoms with Gasteiger partial charge in [0, 0.05) is 48.4 Å². The van der Waals surface area contributed by atoms with Gasteiger partial charge < -0.3 is 10.2 Å². The molecule has 27 heavy (non-hydrogen) atoms. The van der Waals surface area contributed by atoms with E-state index in [0.29, 0.717) is 23.7 Å². The summed E-state index contributed by atoms with van der Waals surface area (Å²) in [6.45, 7) is 6.27. The molecule has 1 aromatic carbocycles. The number of anilines is 1. The summed E-state index contributed by atoms with van der Waals surface area (Å²) in [7, 11) is 0. The fourth-order valence-electron chi connectivity index (χ4n) is 4.82. The first kappa shape index (κ1) is 18.5. The number of piperidine rings is 1. The van der Waals surface area contributed by atoms with Crippen LogP contribution in [-0.4, -0.2) is 52.8 Å². The van der Waals surface area contributed by atoms with Crippen LogP contribution in [0.4, 0.5) is 5.69 Å². The Morgan fingerprint density at radius 3 is 2.48 bits per heavy atom. The number of nitrogens with zero attached hydrogens (tertiary/aromatic N) is 2. The maximum atomic E-state index is 13.1. The minimum atomic E-state index is 0.0784. The Morgan fingerprint density at radius 1 is 1.04 bits per heavy atom. The van der Waals surface area contributed by atoms with Crippen molar-refractivity contribution in [1.82, 2.24) is 9.80 Å². The van der Waals surface area contributed by atoms with Crippen molar-refractivity contribution in [2.75, 3.05) is 18.4 Å². The molecule has 146 valence electrons. The summed E-state index contributed by atoms with van der Waals surface area (Å²) < 4.78 is 0. The van der Waals surface area contributed by atoms with Gasteiger partial charge in [0.05, 0.1) is 0 Å². The molecule has 5 heteroatoms. The van der Waals surface area contributed by atoms with Crippen molar-refractivity contribution in [3.63, 3.8) is 0 Å².